The first kappa shape index (κ1) is 17.2. The average molecular weight is 292 g/mol. The number of hydrogen-bond donors (Lipinski definition) is 1. The molecule has 21 heavy (non-hydrogen) atoms. The minimum atomic E-state index is -0.223. The third kappa shape index (κ3) is 6.90. The summed E-state index contributed by atoms with van der Waals surface area (Å²) < 4.78 is 10.4. The first-order valence-corrected chi connectivity index (χ1v) is 7.07. The van der Waals surface area contributed by atoms with E-state index in [4.69, 9.17) is 9.47 Å². The molecule has 0 heterocycles. The van der Waals surface area contributed by atoms with Crippen LogP contribution in [0.2, 0.25) is 0 Å². The van der Waals surface area contributed by atoms with E-state index in [9.17, 15) is 4.79 Å². The third-order valence-corrected chi connectivity index (χ3v) is 2.63. The van der Waals surface area contributed by atoms with E-state index in [0.29, 0.717) is 31.2 Å². The molecule has 116 valence electrons. The SMILES string of the molecule is COCCOC(=NCC(C)C)NC(=O)c1cccc(C)c1. The number of aliphatic imine (C=N–C) groups is 1. The number of ether oxygens (including phenoxy) is 2. The molecule has 1 amide bonds. The zero-order valence-corrected chi connectivity index (χ0v) is 13.2. The van der Waals surface area contributed by atoms with Crippen LogP contribution >= 0.6 is 0 Å². The lowest BCUT2D eigenvalue weighted by Crippen LogP contribution is -2.33. The van der Waals surface area contributed by atoms with E-state index in [1.54, 1.807) is 13.2 Å². The summed E-state index contributed by atoms with van der Waals surface area (Å²) in [6.45, 7) is 7.44. The maximum absolute atomic E-state index is 12.2. The molecule has 0 aliphatic rings. The Kier molecular flexibility index (Phi) is 7.46. The number of carbonyl (C=O) groups excluding carboxylic acids is 1. The molecule has 1 aromatic rings. The van der Waals surface area contributed by atoms with E-state index in [1.165, 1.54) is 0 Å². The van der Waals surface area contributed by atoms with Gasteiger partial charge in [-0.2, -0.15) is 0 Å². The summed E-state index contributed by atoms with van der Waals surface area (Å²) >= 11 is 0. The minimum Gasteiger partial charge on any atom is -0.463 e. The highest BCUT2D eigenvalue weighted by Crippen LogP contribution is 2.04. The number of hydrogen-bond acceptors (Lipinski definition) is 4. The molecule has 1 rings (SSSR count). The number of carbonyl (C=O) groups is 1. The van der Waals surface area contributed by atoms with Crippen molar-refractivity contribution >= 4 is 11.9 Å². The zero-order valence-electron chi connectivity index (χ0n) is 13.2. The molecule has 0 radical (unpaired) electrons. The quantitative estimate of drug-likeness (QED) is 0.497. The summed E-state index contributed by atoms with van der Waals surface area (Å²) in [5.74, 6) is 0.167. The molecular weight excluding hydrogens is 268 g/mol. The maximum Gasteiger partial charge on any atom is 0.291 e. The highest BCUT2D eigenvalue weighted by molar-refractivity contribution is 6.04. The standard InChI is InChI=1S/C16H24N2O3/c1-12(2)11-17-16(21-9-8-20-4)18-15(19)14-7-5-6-13(3)10-14/h5-7,10,12H,8-9,11H2,1-4H3,(H,17,18,19). The number of amidine groups is 1. The third-order valence-electron chi connectivity index (χ3n) is 2.63. The van der Waals surface area contributed by atoms with E-state index in [0.717, 1.165) is 5.56 Å². The van der Waals surface area contributed by atoms with Gasteiger partial charge in [0.15, 0.2) is 0 Å². The molecule has 0 aliphatic heterocycles. The fourth-order valence-corrected chi connectivity index (χ4v) is 1.56. The van der Waals surface area contributed by atoms with Gasteiger partial charge in [0.05, 0.1) is 6.61 Å². The monoisotopic (exact) mass is 292 g/mol. The Balaban J connectivity index is 2.70. The van der Waals surface area contributed by atoms with Crippen molar-refractivity contribution < 1.29 is 14.3 Å². The van der Waals surface area contributed by atoms with Crippen LogP contribution in [0.5, 0.6) is 0 Å². The predicted molar refractivity (Wildman–Crippen MR) is 83.6 cm³/mol. The molecule has 5 nitrogen and oxygen atoms in total. The van der Waals surface area contributed by atoms with E-state index in [2.05, 4.69) is 24.2 Å². The van der Waals surface area contributed by atoms with E-state index >= 15 is 0 Å². The molecular formula is C16H24N2O3. The fraction of sp³-hybridized carbons (Fsp3) is 0.500. The lowest BCUT2D eigenvalue weighted by molar-refractivity contribution is 0.0953. The molecule has 5 heteroatoms. The van der Waals surface area contributed by atoms with Crippen LogP contribution in [0, 0.1) is 12.8 Å². The molecule has 0 fully saturated rings. The van der Waals surface area contributed by atoms with Gasteiger partial charge in [-0.05, 0) is 25.0 Å². The Morgan fingerprint density at radius 1 is 1.33 bits per heavy atom. The number of nitrogens with one attached hydrogen (secondary N) is 1. The first-order chi connectivity index (χ1) is 10.0. The Morgan fingerprint density at radius 3 is 2.71 bits per heavy atom. The summed E-state index contributed by atoms with van der Waals surface area (Å²) in [5.41, 5.74) is 1.62. The highest BCUT2D eigenvalue weighted by atomic mass is 16.5. The molecule has 1 N–H and O–H groups in total. The lowest BCUT2D eigenvalue weighted by atomic mass is 10.1. The van der Waals surface area contributed by atoms with Gasteiger partial charge in [-0.3, -0.25) is 10.1 Å². The van der Waals surface area contributed by atoms with Gasteiger partial charge in [-0.1, -0.05) is 31.5 Å². The Morgan fingerprint density at radius 2 is 2.10 bits per heavy atom. The summed E-state index contributed by atoms with van der Waals surface area (Å²) in [7, 11) is 1.60. The minimum absolute atomic E-state index is 0.223. The zero-order chi connectivity index (χ0) is 15.7. The summed E-state index contributed by atoms with van der Waals surface area (Å²) in [5, 5.41) is 2.71. The van der Waals surface area contributed by atoms with Gasteiger partial charge in [0, 0.05) is 19.2 Å². The number of amides is 1. The number of rotatable bonds is 6. The van der Waals surface area contributed by atoms with Crippen LogP contribution < -0.4 is 5.32 Å². The summed E-state index contributed by atoms with van der Waals surface area (Å²) in [4.78, 5) is 16.5. The second-order valence-corrected chi connectivity index (χ2v) is 5.20. The number of aryl methyl sites for hydroxylation is 1. The number of nitrogens with zero attached hydrogens (tertiary/aromatic N) is 1. The number of benzene rings is 1. The van der Waals surface area contributed by atoms with E-state index in [-0.39, 0.29) is 11.9 Å². The van der Waals surface area contributed by atoms with E-state index in [1.807, 2.05) is 25.1 Å². The molecule has 0 saturated carbocycles. The maximum atomic E-state index is 12.2. The van der Waals surface area contributed by atoms with Gasteiger partial charge in [0.25, 0.3) is 11.9 Å². The van der Waals surface area contributed by atoms with Crippen LogP contribution in [0.3, 0.4) is 0 Å². The van der Waals surface area contributed by atoms with Crippen LogP contribution in [-0.4, -0.2) is 38.8 Å². The fourth-order valence-electron chi connectivity index (χ4n) is 1.56. The first-order valence-electron chi connectivity index (χ1n) is 7.07. The molecule has 0 aliphatic carbocycles. The second kappa shape index (κ2) is 9.13. The molecule has 1 aromatic carbocycles. The molecule has 0 unspecified atom stereocenters. The van der Waals surface area contributed by atoms with Crippen molar-refractivity contribution in [2.75, 3.05) is 26.9 Å². The van der Waals surface area contributed by atoms with Crippen LogP contribution in [0.1, 0.15) is 29.8 Å². The van der Waals surface area contributed by atoms with E-state index < -0.39 is 0 Å². The van der Waals surface area contributed by atoms with Gasteiger partial charge in [0.2, 0.25) is 0 Å². The largest absolute Gasteiger partial charge is 0.463 e. The summed E-state index contributed by atoms with van der Waals surface area (Å²) in [6, 6.07) is 7.62. The highest BCUT2D eigenvalue weighted by Gasteiger charge is 2.10. The second-order valence-electron chi connectivity index (χ2n) is 5.20. The Hall–Kier alpha value is -1.88. The van der Waals surface area contributed by atoms with Gasteiger partial charge in [-0.15, -0.1) is 0 Å². The molecule has 0 bridgehead atoms. The topological polar surface area (TPSA) is 59.9 Å². The van der Waals surface area contributed by atoms with Gasteiger partial charge < -0.3 is 9.47 Å². The Labute approximate surface area is 126 Å². The molecule has 0 atom stereocenters. The van der Waals surface area contributed by atoms with Crippen molar-refractivity contribution in [1.29, 1.82) is 0 Å². The normalized spacial score (nSPS) is 11.6. The van der Waals surface area contributed by atoms with Crippen molar-refractivity contribution in [3.63, 3.8) is 0 Å². The van der Waals surface area contributed by atoms with Crippen molar-refractivity contribution in [3.8, 4) is 0 Å². The van der Waals surface area contributed by atoms with Crippen molar-refractivity contribution in [2.45, 2.75) is 20.8 Å². The van der Waals surface area contributed by atoms with Gasteiger partial charge >= 0.3 is 0 Å². The lowest BCUT2D eigenvalue weighted by Gasteiger charge is -2.11. The van der Waals surface area contributed by atoms with Crippen LogP contribution in [0.4, 0.5) is 0 Å². The molecule has 0 saturated heterocycles. The van der Waals surface area contributed by atoms with Crippen LogP contribution in [0.25, 0.3) is 0 Å². The van der Waals surface area contributed by atoms with Crippen LogP contribution in [-0.2, 0) is 9.47 Å². The smallest absolute Gasteiger partial charge is 0.291 e. The van der Waals surface area contributed by atoms with Crippen LogP contribution in [0.15, 0.2) is 29.3 Å². The van der Waals surface area contributed by atoms with Crippen molar-refractivity contribution in [1.82, 2.24) is 5.32 Å². The van der Waals surface area contributed by atoms with Crippen molar-refractivity contribution in [2.24, 2.45) is 10.9 Å². The molecule has 0 spiro atoms. The van der Waals surface area contributed by atoms with Crippen molar-refractivity contribution in [3.05, 3.63) is 35.4 Å². The Bertz CT molecular complexity index is 484. The van der Waals surface area contributed by atoms with Gasteiger partial charge in [-0.25, -0.2) is 4.99 Å². The average Bonchev–Trinajstić information content (AvgIpc) is 2.44. The van der Waals surface area contributed by atoms with Gasteiger partial charge in [0.1, 0.15) is 6.61 Å². The summed E-state index contributed by atoms with van der Waals surface area (Å²) in [6.07, 6.45) is 0. The number of methoxy groups -OCH3 is 1. The predicted octanol–water partition coefficient (Wildman–Crippen LogP) is 2.40. The molecule has 0 aromatic heterocycles.